The molecule has 2 heterocycles. The smallest absolute Gasteiger partial charge is 0.202 e. The van der Waals surface area contributed by atoms with Gasteiger partial charge >= 0.3 is 0 Å². The molecule has 0 saturated heterocycles. The van der Waals surface area contributed by atoms with Gasteiger partial charge in [-0.3, -0.25) is 4.57 Å². The molecule has 110 valence electrons. The van der Waals surface area contributed by atoms with Crippen LogP contribution in [0.25, 0.3) is 11.2 Å². The fourth-order valence-electron chi connectivity index (χ4n) is 2.56. The largest absolute Gasteiger partial charge is 0.369 e. The first-order valence-corrected chi connectivity index (χ1v) is 7.20. The van der Waals surface area contributed by atoms with E-state index in [9.17, 15) is 0 Å². The molecule has 2 aromatic heterocycles. The van der Waals surface area contributed by atoms with Crippen molar-refractivity contribution in [1.82, 2.24) is 19.4 Å². The summed E-state index contributed by atoms with van der Waals surface area (Å²) in [5, 5.41) is 0.579. The van der Waals surface area contributed by atoms with Gasteiger partial charge in [0.05, 0.1) is 11.1 Å². The van der Waals surface area contributed by atoms with Crippen molar-refractivity contribution in [3.63, 3.8) is 0 Å². The van der Waals surface area contributed by atoms with Crippen molar-refractivity contribution in [3.05, 3.63) is 17.3 Å². The summed E-state index contributed by atoms with van der Waals surface area (Å²) in [6.45, 7) is 5.32. The number of rotatable bonds is 5. The van der Waals surface area contributed by atoms with Gasteiger partial charge in [-0.15, -0.1) is 0 Å². The van der Waals surface area contributed by atoms with E-state index in [0.29, 0.717) is 16.9 Å². The van der Waals surface area contributed by atoms with E-state index in [1.54, 1.807) is 12.3 Å². The van der Waals surface area contributed by atoms with E-state index < -0.39 is 0 Å². The number of pyridine rings is 1. The second-order valence-corrected chi connectivity index (χ2v) is 6.32. The van der Waals surface area contributed by atoms with Gasteiger partial charge in [0.15, 0.2) is 5.65 Å². The summed E-state index contributed by atoms with van der Waals surface area (Å²) in [7, 11) is 4.12. The second kappa shape index (κ2) is 5.97. The standard InChI is InChI=1S/C14H22ClN5/c1-9(2)5-11(8-19(3)4)20-13-12(18-14(20)16)6-10(15)7-17-13/h6-7,9,11H,5,8H2,1-4H3,(H2,16,18). The highest BCUT2D eigenvalue weighted by Gasteiger charge is 2.20. The zero-order valence-corrected chi connectivity index (χ0v) is 13.2. The molecule has 1 atom stereocenters. The van der Waals surface area contributed by atoms with Crippen LogP contribution in [0.5, 0.6) is 0 Å². The molecule has 0 fully saturated rings. The maximum Gasteiger partial charge on any atom is 0.202 e. The minimum Gasteiger partial charge on any atom is -0.369 e. The topological polar surface area (TPSA) is 60.0 Å². The van der Waals surface area contributed by atoms with E-state index in [0.717, 1.165) is 24.1 Å². The molecule has 0 amide bonds. The Morgan fingerprint density at radius 2 is 2.10 bits per heavy atom. The van der Waals surface area contributed by atoms with Crippen molar-refractivity contribution in [2.45, 2.75) is 26.3 Å². The van der Waals surface area contributed by atoms with Gasteiger partial charge < -0.3 is 10.6 Å². The average Bonchev–Trinajstić information content (AvgIpc) is 2.61. The summed E-state index contributed by atoms with van der Waals surface area (Å²) in [5.41, 5.74) is 7.66. The summed E-state index contributed by atoms with van der Waals surface area (Å²) in [5.74, 6) is 1.08. The van der Waals surface area contributed by atoms with Crippen molar-refractivity contribution in [2.24, 2.45) is 5.92 Å². The zero-order chi connectivity index (χ0) is 14.9. The Morgan fingerprint density at radius 3 is 2.70 bits per heavy atom. The Balaban J connectivity index is 2.48. The number of imidazole rings is 1. The van der Waals surface area contributed by atoms with Gasteiger partial charge in [0.25, 0.3) is 0 Å². The predicted octanol–water partition coefficient (Wildman–Crippen LogP) is 2.82. The highest BCUT2D eigenvalue weighted by Crippen LogP contribution is 2.27. The molecule has 2 rings (SSSR count). The number of nitrogens with two attached hydrogens (primary N) is 1. The summed E-state index contributed by atoms with van der Waals surface area (Å²) in [6, 6.07) is 2.06. The molecule has 0 radical (unpaired) electrons. The van der Waals surface area contributed by atoms with Gasteiger partial charge in [0.1, 0.15) is 5.52 Å². The number of anilines is 1. The minimum atomic E-state index is 0.253. The highest BCUT2D eigenvalue weighted by molar-refractivity contribution is 6.31. The first kappa shape index (κ1) is 15.1. The minimum absolute atomic E-state index is 0.253. The Bertz CT molecular complexity index is 581. The van der Waals surface area contributed by atoms with Crippen LogP contribution in [0.4, 0.5) is 5.95 Å². The number of nitrogens with zero attached hydrogens (tertiary/aromatic N) is 4. The number of nitrogen functional groups attached to an aromatic ring is 1. The van der Waals surface area contributed by atoms with Crippen LogP contribution in [-0.4, -0.2) is 40.1 Å². The molecule has 6 heteroatoms. The van der Waals surface area contributed by atoms with Crippen LogP contribution in [0.15, 0.2) is 12.3 Å². The lowest BCUT2D eigenvalue weighted by Crippen LogP contribution is -2.26. The van der Waals surface area contributed by atoms with Gasteiger partial charge in [-0.05, 0) is 32.5 Å². The molecule has 0 aliphatic rings. The number of fused-ring (bicyclic) bond motifs is 1. The van der Waals surface area contributed by atoms with Crippen molar-refractivity contribution >= 4 is 28.7 Å². The fraction of sp³-hybridized carbons (Fsp3) is 0.571. The Kier molecular flexibility index (Phi) is 4.50. The summed E-state index contributed by atoms with van der Waals surface area (Å²) in [4.78, 5) is 11.0. The normalized spacial score (nSPS) is 13.6. The molecular formula is C14H22ClN5. The second-order valence-electron chi connectivity index (χ2n) is 5.88. The van der Waals surface area contributed by atoms with E-state index in [1.165, 1.54) is 0 Å². The molecule has 0 aliphatic heterocycles. The molecular weight excluding hydrogens is 274 g/mol. The summed E-state index contributed by atoms with van der Waals surface area (Å²) in [6.07, 6.45) is 2.67. The lowest BCUT2D eigenvalue weighted by molar-refractivity contribution is 0.294. The monoisotopic (exact) mass is 295 g/mol. The van der Waals surface area contributed by atoms with Crippen molar-refractivity contribution in [1.29, 1.82) is 0 Å². The summed E-state index contributed by atoms with van der Waals surface area (Å²) < 4.78 is 2.03. The molecule has 20 heavy (non-hydrogen) atoms. The third kappa shape index (κ3) is 3.22. The quantitative estimate of drug-likeness (QED) is 0.921. The maximum atomic E-state index is 6.11. The van der Waals surface area contributed by atoms with Crippen LogP contribution < -0.4 is 5.73 Å². The van der Waals surface area contributed by atoms with Gasteiger partial charge in [-0.2, -0.15) is 0 Å². The predicted molar refractivity (Wildman–Crippen MR) is 84.0 cm³/mol. The zero-order valence-electron chi connectivity index (χ0n) is 12.5. The van der Waals surface area contributed by atoms with Crippen LogP contribution in [-0.2, 0) is 0 Å². The molecule has 2 aromatic rings. The van der Waals surface area contributed by atoms with E-state index in [4.69, 9.17) is 17.3 Å². The molecule has 0 aromatic carbocycles. The van der Waals surface area contributed by atoms with Crippen LogP contribution in [0.1, 0.15) is 26.3 Å². The van der Waals surface area contributed by atoms with E-state index in [1.807, 2.05) is 4.57 Å². The Labute approximate surface area is 124 Å². The third-order valence-electron chi connectivity index (χ3n) is 3.21. The Morgan fingerprint density at radius 1 is 1.40 bits per heavy atom. The number of hydrogen-bond acceptors (Lipinski definition) is 4. The first-order chi connectivity index (χ1) is 9.38. The van der Waals surface area contributed by atoms with Gasteiger partial charge in [0, 0.05) is 12.7 Å². The van der Waals surface area contributed by atoms with Gasteiger partial charge in [0.2, 0.25) is 5.95 Å². The fourth-order valence-corrected chi connectivity index (χ4v) is 2.71. The lowest BCUT2D eigenvalue weighted by atomic mass is 10.0. The SMILES string of the molecule is CC(C)CC(CN(C)C)n1c(N)nc2cc(Cl)cnc21. The van der Waals surface area contributed by atoms with E-state index in [2.05, 4.69) is 42.8 Å². The number of aromatic nitrogens is 3. The lowest BCUT2D eigenvalue weighted by Gasteiger charge is -2.25. The van der Waals surface area contributed by atoms with Crippen LogP contribution >= 0.6 is 11.6 Å². The summed E-state index contributed by atoms with van der Waals surface area (Å²) >= 11 is 5.97. The molecule has 0 bridgehead atoms. The van der Waals surface area contributed by atoms with Crippen molar-refractivity contribution < 1.29 is 0 Å². The van der Waals surface area contributed by atoms with E-state index >= 15 is 0 Å². The van der Waals surface area contributed by atoms with Crippen LogP contribution in [0.2, 0.25) is 5.02 Å². The van der Waals surface area contributed by atoms with Crippen LogP contribution in [0.3, 0.4) is 0 Å². The first-order valence-electron chi connectivity index (χ1n) is 6.82. The molecule has 2 N–H and O–H groups in total. The van der Waals surface area contributed by atoms with Crippen molar-refractivity contribution in [3.8, 4) is 0 Å². The molecule has 0 saturated carbocycles. The van der Waals surface area contributed by atoms with Crippen molar-refractivity contribution in [2.75, 3.05) is 26.4 Å². The number of likely N-dealkylation sites (N-methyl/N-ethyl adjacent to an activating group) is 1. The molecule has 1 unspecified atom stereocenters. The number of halogens is 1. The Hall–Kier alpha value is -1.33. The maximum absolute atomic E-state index is 6.11. The molecule has 5 nitrogen and oxygen atoms in total. The highest BCUT2D eigenvalue weighted by atomic mass is 35.5. The van der Waals surface area contributed by atoms with Crippen LogP contribution in [0, 0.1) is 5.92 Å². The van der Waals surface area contributed by atoms with E-state index in [-0.39, 0.29) is 6.04 Å². The van der Waals surface area contributed by atoms with Gasteiger partial charge in [-0.25, -0.2) is 9.97 Å². The average molecular weight is 296 g/mol. The molecule has 0 aliphatic carbocycles. The number of hydrogen-bond donors (Lipinski definition) is 1. The van der Waals surface area contributed by atoms with Gasteiger partial charge in [-0.1, -0.05) is 25.4 Å². The molecule has 0 spiro atoms. The third-order valence-corrected chi connectivity index (χ3v) is 3.42.